The summed E-state index contributed by atoms with van der Waals surface area (Å²) in [5.41, 5.74) is 0. The van der Waals surface area contributed by atoms with Crippen LogP contribution in [-0.2, 0) is 14.8 Å². The molecule has 2 fully saturated rings. The number of piperazine rings is 1. The van der Waals surface area contributed by atoms with Crippen LogP contribution in [-0.4, -0.2) is 74.8 Å². The molecule has 116 valence electrons. The Hall–Kier alpha value is -0.860. The minimum Gasteiger partial charge on any atom is -0.376 e. The Bertz CT molecular complexity index is 440. The van der Waals surface area contributed by atoms with Crippen LogP contribution >= 0.6 is 0 Å². The normalized spacial score (nSPS) is 26.5. The van der Waals surface area contributed by atoms with Crippen molar-refractivity contribution in [2.45, 2.75) is 31.9 Å². The second-order valence-corrected chi connectivity index (χ2v) is 7.42. The maximum Gasteiger partial charge on any atom is 0.317 e. The van der Waals surface area contributed by atoms with Gasteiger partial charge in [0.1, 0.15) is 0 Å². The van der Waals surface area contributed by atoms with Crippen molar-refractivity contribution in [2.24, 2.45) is 0 Å². The first-order valence-corrected chi connectivity index (χ1v) is 8.85. The molecule has 0 radical (unpaired) electrons. The van der Waals surface area contributed by atoms with Crippen molar-refractivity contribution >= 4 is 16.1 Å². The minimum absolute atomic E-state index is 0.0158. The molecule has 8 heteroatoms. The molecule has 7 nitrogen and oxygen atoms in total. The van der Waals surface area contributed by atoms with E-state index in [1.165, 1.54) is 10.6 Å². The number of sulfonamides is 1. The van der Waals surface area contributed by atoms with Gasteiger partial charge in [-0.3, -0.25) is 0 Å². The molecule has 2 rings (SSSR count). The highest BCUT2D eigenvalue weighted by molar-refractivity contribution is 7.88. The summed E-state index contributed by atoms with van der Waals surface area (Å²) in [6, 6.07) is -0.154. The Labute approximate surface area is 120 Å². The van der Waals surface area contributed by atoms with Crippen molar-refractivity contribution < 1.29 is 17.9 Å². The fourth-order valence-corrected chi connectivity index (χ4v) is 3.43. The third-order valence-corrected chi connectivity index (χ3v) is 5.17. The van der Waals surface area contributed by atoms with Crippen LogP contribution in [0.25, 0.3) is 0 Å². The molecule has 1 N–H and O–H groups in total. The molecule has 0 aromatic rings. The average Bonchev–Trinajstić information content (AvgIpc) is 2.91. The van der Waals surface area contributed by atoms with E-state index in [4.69, 9.17) is 4.74 Å². The van der Waals surface area contributed by atoms with E-state index in [0.29, 0.717) is 26.2 Å². The molecule has 0 aliphatic carbocycles. The monoisotopic (exact) mass is 305 g/mol. The zero-order chi connectivity index (χ0) is 14.8. The molecule has 0 saturated carbocycles. The van der Waals surface area contributed by atoms with Gasteiger partial charge in [0.05, 0.1) is 18.4 Å². The molecule has 0 aromatic carbocycles. The lowest BCUT2D eigenvalue weighted by Crippen LogP contribution is -2.55. The first kappa shape index (κ1) is 15.5. The number of ether oxygens (including phenoxy) is 1. The van der Waals surface area contributed by atoms with Crippen LogP contribution in [0.2, 0.25) is 0 Å². The largest absolute Gasteiger partial charge is 0.376 e. The molecule has 2 aliphatic heterocycles. The SMILES string of the molecule is C[C@H](NC(=O)N1CCN(S(C)(=O)=O)CC1)[C@@H]1CCCO1. The standard InChI is InChI=1S/C12H23N3O4S/c1-10(11-4-3-9-19-11)13-12(16)14-5-7-15(8-6-14)20(2,17)18/h10-11H,3-9H2,1-2H3,(H,13,16)/t10-,11-/m0/s1. The number of nitrogens with zero attached hydrogens (tertiary/aromatic N) is 2. The minimum atomic E-state index is -3.16. The highest BCUT2D eigenvalue weighted by atomic mass is 32.2. The topological polar surface area (TPSA) is 79.0 Å². The van der Waals surface area contributed by atoms with Gasteiger partial charge in [-0.2, -0.15) is 4.31 Å². The number of carbonyl (C=O) groups excluding carboxylic acids is 1. The Morgan fingerprint density at radius 3 is 2.45 bits per heavy atom. The van der Waals surface area contributed by atoms with E-state index in [2.05, 4.69) is 5.32 Å². The summed E-state index contributed by atoms with van der Waals surface area (Å²) >= 11 is 0. The van der Waals surface area contributed by atoms with Crippen molar-refractivity contribution in [3.05, 3.63) is 0 Å². The second-order valence-electron chi connectivity index (χ2n) is 5.44. The van der Waals surface area contributed by atoms with Crippen LogP contribution in [0.15, 0.2) is 0 Å². The first-order valence-electron chi connectivity index (χ1n) is 7.00. The van der Waals surface area contributed by atoms with Crippen molar-refractivity contribution in [3.63, 3.8) is 0 Å². The lowest BCUT2D eigenvalue weighted by atomic mass is 10.1. The van der Waals surface area contributed by atoms with Crippen LogP contribution in [0.4, 0.5) is 4.79 Å². The van der Waals surface area contributed by atoms with Gasteiger partial charge >= 0.3 is 6.03 Å². The van der Waals surface area contributed by atoms with Crippen LogP contribution < -0.4 is 5.32 Å². The van der Waals surface area contributed by atoms with Crippen molar-refractivity contribution in [2.75, 3.05) is 39.0 Å². The summed E-state index contributed by atoms with van der Waals surface area (Å²) in [7, 11) is -3.16. The zero-order valence-electron chi connectivity index (χ0n) is 12.0. The van der Waals surface area contributed by atoms with Gasteiger partial charge < -0.3 is 15.0 Å². The van der Waals surface area contributed by atoms with Crippen molar-refractivity contribution in [3.8, 4) is 0 Å². The Balaban J connectivity index is 1.79. The number of hydrogen-bond donors (Lipinski definition) is 1. The average molecular weight is 305 g/mol. The van der Waals surface area contributed by atoms with E-state index < -0.39 is 10.0 Å². The third-order valence-electron chi connectivity index (χ3n) is 3.87. The van der Waals surface area contributed by atoms with Gasteiger partial charge in [0.15, 0.2) is 0 Å². The van der Waals surface area contributed by atoms with Crippen molar-refractivity contribution in [1.82, 2.24) is 14.5 Å². The second kappa shape index (κ2) is 6.28. The summed E-state index contributed by atoms with van der Waals surface area (Å²) in [6.07, 6.45) is 3.31. The molecule has 2 aliphatic rings. The van der Waals surface area contributed by atoms with Gasteiger partial charge in [0.2, 0.25) is 10.0 Å². The predicted octanol–water partition coefficient (Wildman–Crippen LogP) is -0.159. The van der Waals surface area contributed by atoms with Gasteiger partial charge in [-0.1, -0.05) is 0 Å². The summed E-state index contributed by atoms with van der Waals surface area (Å²) < 4.78 is 29.8. The van der Waals surface area contributed by atoms with Crippen molar-refractivity contribution in [1.29, 1.82) is 0 Å². The van der Waals surface area contributed by atoms with Gasteiger partial charge in [-0.25, -0.2) is 13.2 Å². The van der Waals surface area contributed by atoms with E-state index in [0.717, 1.165) is 19.4 Å². The summed E-state index contributed by atoms with van der Waals surface area (Å²) in [4.78, 5) is 13.8. The quantitative estimate of drug-likeness (QED) is 0.786. The van der Waals surface area contributed by atoms with Gasteiger partial charge in [-0.15, -0.1) is 0 Å². The molecule has 0 unspecified atom stereocenters. The lowest BCUT2D eigenvalue weighted by molar-refractivity contribution is 0.0821. The van der Waals surface area contributed by atoms with Gasteiger partial charge in [-0.05, 0) is 19.8 Å². The van der Waals surface area contributed by atoms with E-state index in [1.807, 2.05) is 6.92 Å². The number of urea groups is 1. The molecule has 0 spiro atoms. The third kappa shape index (κ3) is 3.83. The number of amides is 2. The zero-order valence-corrected chi connectivity index (χ0v) is 12.9. The molecule has 0 bridgehead atoms. The summed E-state index contributed by atoms with van der Waals surface area (Å²) in [5, 5.41) is 2.94. The lowest BCUT2D eigenvalue weighted by Gasteiger charge is -2.34. The maximum atomic E-state index is 12.1. The molecule has 2 amide bonds. The molecule has 20 heavy (non-hydrogen) atoms. The maximum absolute atomic E-state index is 12.1. The summed E-state index contributed by atoms with van der Waals surface area (Å²) in [5.74, 6) is 0. The number of carbonyl (C=O) groups is 1. The molecule has 2 saturated heterocycles. The fourth-order valence-electron chi connectivity index (χ4n) is 2.60. The molecular formula is C12H23N3O4S. The summed E-state index contributed by atoms with van der Waals surface area (Å²) in [6.45, 7) is 4.29. The predicted molar refractivity (Wildman–Crippen MR) is 75.0 cm³/mol. The molecular weight excluding hydrogens is 282 g/mol. The Kier molecular flexibility index (Phi) is 4.87. The first-order chi connectivity index (χ1) is 9.38. The van der Waals surface area contributed by atoms with Crippen LogP contribution in [0, 0.1) is 0 Å². The highest BCUT2D eigenvalue weighted by Gasteiger charge is 2.29. The fraction of sp³-hybridized carbons (Fsp3) is 0.917. The Morgan fingerprint density at radius 1 is 1.30 bits per heavy atom. The Morgan fingerprint density at radius 2 is 1.95 bits per heavy atom. The van der Waals surface area contributed by atoms with Gasteiger partial charge in [0.25, 0.3) is 0 Å². The molecule has 2 heterocycles. The van der Waals surface area contributed by atoms with E-state index in [1.54, 1.807) is 4.90 Å². The van der Waals surface area contributed by atoms with E-state index >= 15 is 0 Å². The number of hydrogen-bond acceptors (Lipinski definition) is 4. The van der Waals surface area contributed by atoms with E-state index in [9.17, 15) is 13.2 Å². The van der Waals surface area contributed by atoms with E-state index in [-0.39, 0.29) is 18.2 Å². The smallest absolute Gasteiger partial charge is 0.317 e. The number of rotatable bonds is 3. The van der Waals surface area contributed by atoms with Gasteiger partial charge in [0, 0.05) is 32.8 Å². The van der Waals surface area contributed by atoms with Crippen LogP contribution in [0.3, 0.4) is 0 Å². The molecule has 0 aromatic heterocycles. The van der Waals surface area contributed by atoms with Crippen LogP contribution in [0.5, 0.6) is 0 Å². The highest BCUT2D eigenvalue weighted by Crippen LogP contribution is 2.15. The molecule has 2 atom stereocenters. The number of nitrogens with one attached hydrogen (secondary N) is 1. The van der Waals surface area contributed by atoms with Crippen LogP contribution in [0.1, 0.15) is 19.8 Å².